The maximum Gasteiger partial charge on any atom is 0.708 e. The normalized spacial score (nSPS) is 21.9. The molecule has 0 bridgehead atoms. The van der Waals surface area contributed by atoms with Crippen LogP contribution >= 0.6 is 16.1 Å². The molecule has 24 nitrogen and oxygen atoms in total. The van der Waals surface area contributed by atoms with Crippen molar-refractivity contribution in [2.75, 3.05) is 18.9 Å². The smallest absolute Gasteiger partial charge is 0.388 e. The van der Waals surface area contributed by atoms with Crippen LogP contribution < -0.4 is 21.5 Å². The summed E-state index contributed by atoms with van der Waals surface area (Å²) in [4.78, 5) is 55.2. The van der Waals surface area contributed by atoms with E-state index in [-0.39, 0.29) is 28.1 Å². The van der Waals surface area contributed by atoms with Crippen molar-refractivity contribution in [2.45, 2.75) is 62.9 Å². The first-order valence-electron chi connectivity index (χ1n) is 15.4. The molecule has 1 aromatic carbocycles. The first kappa shape index (κ1) is 38.5. The lowest BCUT2D eigenvalue weighted by molar-refractivity contribution is -0.657. The second-order valence-corrected chi connectivity index (χ2v) is 14.6. The van der Waals surface area contributed by atoms with Gasteiger partial charge in [0, 0.05) is 4.57 Å². The molecular weight excluding hydrogens is 752 g/mol. The molecule has 1 fully saturated rings. The van der Waals surface area contributed by atoms with Gasteiger partial charge in [0.25, 0.3) is 5.56 Å². The molecule has 4 aromatic heterocycles. The number of phosphoric ester groups is 1. The quantitative estimate of drug-likeness (QED) is 0.0245. The van der Waals surface area contributed by atoms with Crippen molar-refractivity contribution >= 4 is 55.3 Å². The van der Waals surface area contributed by atoms with E-state index in [0.717, 1.165) is 28.3 Å². The lowest BCUT2D eigenvalue weighted by Crippen LogP contribution is -2.51. The van der Waals surface area contributed by atoms with E-state index in [2.05, 4.69) is 38.7 Å². The molecule has 0 spiro atoms. The average Bonchev–Trinajstić information content (AvgIpc) is 3.61. The fraction of sp³-hybridized carbons (Fsp3) is 0.444. The Bertz CT molecular complexity index is 2390. The first-order chi connectivity index (χ1) is 24.9. The zero-order valence-corrected chi connectivity index (χ0v) is 29.2. The van der Waals surface area contributed by atoms with Gasteiger partial charge >= 0.3 is 27.4 Å². The minimum Gasteiger partial charge on any atom is -0.388 e. The molecule has 6 rings (SSSR count). The largest absolute Gasteiger partial charge is 0.708 e. The minimum absolute atomic E-state index is 0.0209. The molecule has 2 unspecified atom stereocenters. The number of rotatable bonds is 13. The van der Waals surface area contributed by atoms with E-state index in [0.29, 0.717) is 11.0 Å². The highest BCUT2D eigenvalue weighted by molar-refractivity contribution is 7.56. The monoisotopic (exact) mass is 785 g/mol. The van der Waals surface area contributed by atoms with E-state index in [1.54, 1.807) is 26.0 Å². The van der Waals surface area contributed by atoms with Crippen molar-refractivity contribution in [3.63, 3.8) is 0 Å². The summed E-state index contributed by atoms with van der Waals surface area (Å²) in [6.07, 6.45) is -9.18. The van der Waals surface area contributed by atoms with Crippen LogP contribution in [0.3, 0.4) is 0 Å². The summed E-state index contributed by atoms with van der Waals surface area (Å²) in [5, 5.41) is 63.7. The van der Waals surface area contributed by atoms with Crippen molar-refractivity contribution in [3.05, 3.63) is 56.8 Å². The van der Waals surface area contributed by atoms with Gasteiger partial charge in [-0.15, -0.1) is 4.52 Å². The van der Waals surface area contributed by atoms with Crippen LogP contribution in [0.5, 0.6) is 0 Å². The number of aliphatic hydroxyl groups excluding tert-OH is 4. The van der Waals surface area contributed by atoms with Gasteiger partial charge in [-0.25, -0.2) is 33.9 Å². The fourth-order valence-corrected chi connectivity index (χ4v) is 7.24. The van der Waals surface area contributed by atoms with E-state index in [1.165, 1.54) is 4.57 Å². The highest BCUT2D eigenvalue weighted by Gasteiger charge is 2.57. The molecule has 5 heterocycles. The summed E-state index contributed by atoms with van der Waals surface area (Å²) in [7, 11) is -8.83. The molecule has 5 aromatic rings. The maximum absolute atomic E-state index is 12.5. The van der Waals surface area contributed by atoms with Crippen molar-refractivity contribution in [3.8, 4) is 0 Å². The van der Waals surface area contributed by atoms with Crippen LogP contribution in [-0.4, -0.2) is 120 Å². The molecule has 11 N–H and O–H groups in total. The van der Waals surface area contributed by atoms with E-state index in [4.69, 9.17) is 15.0 Å². The average molecular weight is 786 g/mol. The fourth-order valence-electron chi connectivity index (χ4n) is 5.58. The van der Waals surface area contributed by atoms with Crippen molar-refractivity contribution < 1.29 is 67.3 Å². The number of nitrogens with one attached hydrogen (secondary N) is 2. The highest BCUT2D eigenvalue weighted by Crippen LogP contribution is 2.53. The van der Waals surface area contributed by atoms with Crippen LogP contribution in [0.4, 0.5) is 5.82 Å². The molecule has 0 amide bonds. The number of anilines is 1. The molecule has 53 heavy (non-hydrogen) atoms. The molecule has 8 atom stereocenters. The number of hydrogen-bond acceptors (Lipinski definition) is 19. The van der Waals surface area contributed by atoms with Gasteiger partial charge in [-0.2, -0.15) is 4.98 Å². The summed E-state index contributed by atoms with van der Waals surface area (Å²) >= 11 is 0. The third-order valence-corrected chi connectivity index (χ3v) is 10.7. The number of aryl methyl sites for hydroxylation is 2. The Hall–Kier alpha value is -4.26. The Balaban J connectivity index is 1.06. The Morgan fingerprint density at radius 3 is 2.57 bits per heavy atom. The standard InChI is InChI=1S/C27H31N9O15P2/c1-10-3-12-13(4-11(10)2)35(23-18(32-12)24(41)34-26(42)33-23)5-14(37)19(39)15(38)6-49-53(46,47)51-52(45)48-7-16-20(40)27(43,44)25(50-16)36-9-31-17-21(28)29-8-30-22(17)36/h3-4,8-9,14-16,19-20,25,37-40,43-44H,5-7H2,1-2H3,(H3-,28,29,30,34,41,42,46,47)/p+2/t14-,15+,16+,19-,20+,25+/m0/s1. The molecule has 0 aliphatic carbocycles. The number of benzene rings is 1. The van der Waals surface area contributed by atoms with Gasteiger partial charge < -0.3 is 41.1 Å². The second-order valence-electron chi connectivity index (χ2n) is 12.1. The summed E-state index contributed by atoms with van der Waals surface area (Å²) < 4.78 is 46.6. The molecule has 0 radical (unpaired) electrons. The van der Waals surface area contributed by atoms with E-state index in [1.807, 2.05) is 0 Å². The van der Waals surface area contributed by atoms with Crippen molar-refractivity contribution in [2.24, 2.45) is 0 Å². The number of nitrogen functional groups attached to an aromatic ring is 1. The molecule has 26 heteroatoms. The number of aliphatic hydroxyl groups is 6. The lowest BCUT2D eigenvalue weighted by atomic mass is 10.1. The third kappa shape index (κ3) is 7.59. The molecule has 1 aliphatic heterocycles. The first-order valence-corrected chi connectivity index (χ1v) is 18.0. The summed E-state index contributed by atoms with van der Waals surface area (Å²) in [6, 6.07) is 3.35. The Kier molecular flexibility index (Phi) is 10.5. The summed E-state index contributed by atoms with van der Waals surface area (Å²) in [5.41, 5.74) is 6.15. The van der Waals surface area contributed by atoms with Gasteiger partial charge in [0.2, 0.25) is 11.3 Å². The SMILES string of the molecule is Cc1cc2nc3c(=O)[nH]c(=O)[nH]c3[n+](C[C@H](O)[C@H](O)[C@H](O)COP(=O)(O)O[P+](=O)OC[C@H]3O[C@@H](n4cnc5c(N)ncnc54)C(O)(O)[C@@H]3O)c2cc1C. The van der Waals surface area contributed by atoms with Crippen LogP contribution in [0.25, 0.3) is 33.4 Å². The number of hydrogen-bond donors (Lipinski definition) is 10. The topological polar surface area (TPSA) is 365 Å². The number of H-pyrrole nitrogens is 2. The zero-order chi connectivity index (χ0) is 38.6. The molecule has 0 saturated carbocycles. The number of phosphoric acid groups is 1. The van der Waals surface area contributed by atoms with Gasteiger partial charge in [0.15, 0.2) is 23.2 Å². The van der Waals surface area contributed by atoms with Gasteiger partial charge in [-0.05, 0) is 41.4 Å². The van der Waals surface area contributed by atoms with Crippen molar-refractivity contribution in [1.82, 2.24) is 34.5 Å². The third-order valence-electron chi connectivity index (χ3n) is 8.46. The van der Waals surface area contributed by atoms with Crippen molar-refractivity contribution in [1.29, 1.82) is 0 Å². The molecular formula is C27H33N9O15P2+2. The predicted octanol–water partition coefficient (Wildman–Crippen LogP) is -3.08. The van der Waals surface area contributed by atoms with Gasteiger partial charge in [0.1, 0.15) is 61.0 Å². The van der Waals surface area contributed by atoms with Crippen LogP contribution in [-0.2, 0) is 33.8 Å². The van der Waals surface area contributed by atoms with Gasteiger partial charge in [-0.3, -0.25) is 23.8 Å². The van der Waals surface area contributed by atoms with Crippen LogP contribution in [0.15, 0.2) is 34.4 Å². The highest BCUT2D eigenvalue weighted by atomic mass is 31.2. The van der Waals surface area contributed by atoms with Crippen LogP contribution in [0.1, 0.15) is 17.4 Å². The minimum atomic E-state index is -5.30. The van der Waals surface area contributed by atoms with Crippen LogP contribution in [0, 0.1) is 13.8 Å². The Morgan fingerprint density at radius 1 is 1.11 bits per heavy atom. The number of ether oxygens (including phenoxy) is 1. The Labute approximate surface area is 295 Å². The van der Waals surface area contributed by atoms with Gasteiger partial charge in [-0.1, -0.05) is 0 Å². The second kappa shape index (κ2) is 14.5. The number of imidazole rings is 1. The number of fused-ring (bicyclic) bond motifs is 3. The molecule has 284 valence electrons. The van der Waals surface area contributed by atoms with Crippen LogP contribution in [0.2, 0.25) is 0 Å². The molecule has 1 saturated heterocycles. The summed E-state index contributed by atoms with van der Waals surface area (Å²) in [5.74, 6) is -2.99. The Morgan fingerprint density at radius 2 is 1.83 bits per heavy atom. The van der Waals surface area contributed by atoms with E-state index >= 15 is 0 Å². The number of nitrogens with two attached hydrogens (primary N) is 1. The van der Waals surface area contributed by atoms with E-state index in [9.17, 15) is 54.3 Å². The number of aromatic nitrogens is 8. The maximum atomic E-state index is 12.5. The number of aromatic amines is 2. The summed E-state index contributed by atoms with van der Waals surface area (Å²) in [6.45, 7) is 1.04. The predicted molar refractivity (Wildman–Crippen MR) is 175 cm³/mol. The number of nitrogens with zero attached hydrogens (tertiary/aromatic N) is 6. The lowest BCUT2D eigenvalue weighted by Gasteiger charge is -2.25. The zero-order valence-electron chi connectivity index (χ0n) is 27.4. The molecule has 1 aliphatic rings. The van der Waals surface area contributed by atoms with E-state index < -0.39 is 89.6 Å². The van der Waals surface area contributed by atoms with Gasteiger partial charge in [0.05, 0.1) is 12.9 Å².